The Morgan fingerprint density at radius 3 is 2.63 bits per heavy atom. The van der Waals surface area contributed by atoms with Gasteiger partial charge in [0.05, 0.1) is 11.1 Å². The maximum Gasteiger partial charge on any atom is 0.335 e. The van der Waals surface area contributed by atoms with Crippen molar-refractivity contribution in [1.29, 1.82) is 0 Å². The zero-order chi connectivity index (χ0) is 14.2. The Morgan fingerprint density at radius 2 is 2.05 bits per heavy atom. The van der Waals surface area contributed by atoms with Crippen LogP contribution in [0.2, 0.25) is 0 Å². The number of aryl methyl sites for hydroxylation is 3. The third kappa shape index (κ3) is 2.24. The molecule has 0 bridgehead atoms. The predicted molar refractivity (Wildman–Crippen MR) is 76.7 cm³/mol. The Balaban J connectivity index is 2.73. The van der Waals surface area contributed by atoms with Gasteiger partial charge < -0.3 is 15.4 Å². The number of hydrogen-bond acceptors (Lipinski definition) is 2. The molecule has 0 saturated carbocycles. The van der Waals surface area contributed by atoms with E-state index in [0.29, 0.717) is 12.1 Å². The minimum atomic E-state index is -0.878. The molecule has 0 unspecified atom stereocenters. The smallest absolute Gasteiger partial charge is 0.335 e. The summed E-state index contributed by atoms with van der Waals surface area (Å²) in [7, 11) is 2.02. The van der Waals surface area contributed by atoms with E-state index in [1.165, 1.54) is 11.3 Å². The van der Waals surface area contributed by atoms with Crippen LogP contribution in [0.3, 0.4) is 0 Å². The average molecular weight is 260 g/mol. The van der Waals surface area contributed by atoms with Gasteiger partial charge in [0, 0.05) is 18.1 Å². The van der Waals surface area contributed by atoms with E-state index >= 15 is 0 Å². The molecule has 4 heteroatoms. The molecule has 0 aliphatic carbocycles. The fourth-order valence-electron chi connectivity index (χ4n) is 2.74. The van der Waals surface area contributed by atoms with Crippen molar-refractivity contribution in [3.63, 3.8) is 0 Å². The van der Waals surface area contributed by atoms with Crippen LogP contribution in [0.4, 0.5) is 0 Å². The summed E-state index contributed by atoms with van der Waals surface area (Å²) in [5.41, 5.74) is 10.5. The first-order valence-corrected chi connectivity index (χ1v) is 6.49. The lowest BCUT2D eigenvalue weighted by molar-refractivity contribution is 0.0697. The monoisotopic (exact) mass is 260 g/mol. The maximum absolute atomic E-state index is 11.2. The van der Waals surface area contributed by atoms with Gasteiger partial charge in [0.1, 0.15) is 0 Å². The molecule has 0 spiro atoms. The van der Waals surface area contributed by atoms with Gasteiger partial charge in [-0.3, -0.25) is 0 Å². The topological polar surface area (TPSA) is 68.2 Å². The summed E-state index contributed by atoms with van der Waals surface area (Å²) in [5.74, 6) is -0.878. The van der Waals surface area contributed by atoms with Crippen LogP contribution in [0.25, 0.3) is 10.9 Å². The van der Waals surface area contributed by atoms with Crippen LogP contribution in [-0.2, 0) is 13.5 Å². The van der Waals surface area contributed by atoms with Crippen molar-refractivity contribution in [1.82, 2.24) is 4.57 Å². The molecule has 0 fully saturated rings. The molecular weight excluding hydrogens is 240 g/mol. The average Bonchev–Trinajstić information content (AvgIpc) is 2.60. The summed E-state index contributed by atoms with van der Waals surface area (Å²) in [6, 6.07) is 3.51. The van der Waals surface area contributed by atoms with Crippen molar-refractivity contribution in [2.75, 3.05) is 6.54 Å². The number of nitrogens with two attached hydrogens (primary N) is 1. The normalized spacial score (nSPS) is 11.2. The SMILES string of the molecule is Cc1cc(C(=O)O)cc2c(CCCN)c(C)n(C)c12. The van der Waals surface area contributed by atoms with Crippen LogP contribution in [0, 0.1) is 13.8 Å². The third-order valence-corrected chi connectivity index (χ3v) is 3.78. The summed E-state index contributed by atoms with van der Waals surface area (Å²) < 4.78 is 2.14. The first-order valence-electron chi connectivity index (χ1n) is 6.49. The number of benzene rings is 1. The summed E-state index contributed by atoms with van der Waals surface area (Å²) >= 11 is 0. The summed E-state index contributed by atoms with van der Waals surface area (Å²) in [6.45, 7) is 4.68. The summed E-state index contributed by atoms with van der Waals surface area (Å²) in [5, 5.41) is 10.2. The van der Waals surface area contributed by atoms with Gasteiger partial charge in [0.2, 0.25) is 0 Å². The van der Waals surface area contributed by atoms with Crippen LogP contribution < -0.4 is 5.73 Å². The van der Waals surface area contributed by atoms with Gasteiger partial charge in [-0.25, -0.2) is 4.79 Å². The maximum atomic E-state index is 11.2. The number of carbonyl (C=O) groups is 1. The second-order valence-electron chi connectivity index (χ2n) is 5.01. The number of rotatable bonds is 4. The van der Waals surface area contributed by atoms with E-state index in [1.807, 2.05) is 14.0 Å². The van der Waals surface area contributed by atoms with Gasteiger partial charge in [-0.05, 0) is 56.5 Å². The van der Waals surface area contributed by atoms with E-state index in [4.69, 9.17) is 5.73 Å². The second-order valence-corrected chi connectivity index (χ2v) is 5.01. The second kappa shape index (κ2) is 5.05. The van der Waals surface area contributed by atoms with Gasteiger partial charge in [-0.2, -0.15) is 0 Å². The van der Waals surface area contributed by atoms with Crippen LogP contribution in [-0.4, -0.2) is 22.2 Å². The van der Waals surface area contributed by atoms with Gasteiger partial charge in [-0.1, -0.05) is 0 Å². The number of carboxylic acids is 1. The number of aromatic carboxylic acids is 1. The molecule has 0 aliphatic heterocycles. The third-order valence-electron chi connectivity index (χ3n) is 3.78. The van der Waals surface area contributed by atoms with Crippen LogP contribution >= 0.6 is 0 Å². The van der Waals surface area contributed by atoms with E-state index in [-0.39, 0.29) is 0 Å². The van der Waals surface area contributed by atoms with Gasteiger partial charge in [0.25, 0.3) is 0 Å². The molecule has 0 aliphatic rings. The Morgan fingerprint density at radius 1 is 1.37 bits per heavy atom. The lowest BCUT2D eigenvalue weighted by Crippen LogP contribution is -2.01. The van der Waals surface area contributed by atoms with Crippen molar-refractivity contribution >= 4 is 16.9 Å². The number of fused-ring (bicyclic) bond motifs is 1. The number of hydrogen-bond donors (Lipinski definition) is 2. The van der Waals surface area contributed by atoms with Crippen LogP contribution in [0.15, 0.2) is 12.1 Å². The Hall–Kier alpha value is -1.81. The lowest BCUT2D eigenvalue weighted by atomic mass is 10.0. The molecule has 3 N–H and O–H groups in total. The standard InChI is InChI=1S/C15H20N2O2/c1-9-7-11(15(18)19)8-13-12(5-4-6-16)10(2)17(3)14(9)13/h7-8H,4-6,16H2,1-3H3,(H,18,19). The van der Waals surface area contributed by atoms with Crippen molar-refractivity contribution < 1.29 is 9.90 Å². The van der Waals surface area contributed by atoms with Crippen molar-refractivity contribution in [3.05, 3.63) is 34.5 Å². The predicted octanol–water partition coefficient (Wildman–Crippen LogP) is 2.38. The largest absolute Gasteiger partial charge is 0.478 e. The molecule has 2 rings (SSSR count). The molecule has 0 amide bonds. The zero-order valence-corrected chi connectivity index (χ0v) is 11.7. The van der Waals surface area contributed by atoms with Crippen molar-refractivity contribution in [2.24, 2.45) is 12.8 Å². The molecule has 2 aromatic rings. The molecule has 1 aromatic heterocycles. The van der Waals surface area contributed by atoms with Crippen molar-refractivity contribution in [2.45, 2.75) is 26.7 Å². The van der Waals surface area contributed by atoms with E-state index in [1.54, 1.807) is 12.1 Å². The van der Waals surface area contributed by atoms with Gasteiger partial charge in [-0.15, -0.1) is 0 Å². The Bertz CT molecular complexity index is 641. The Labute approximate surface area is 112 Å². The summed E-state index contributed by atoms with van der Waals surface area (Å²) in [4.78, 5) is 11.2. The fourth-order valence-corrected chi connectivity index (χ4v) is 2.74. The molecule has 1 heterocycles. The van der Waals surface area contributed by atoms with E-state index in [2.05, 4.69) is 11.5 Å². The minimum absolute atomic E-state index is 0.351. The molecule has 102 valence electrons. The number of aromatic nitrogens is 1. The minimum Gasteiger partial charge on any atom is -0.478 e. The lowest BCUT2D eigenvalue weighted by Gasteiger charge is -2.04. The molecule has 4 nitrogen and oxygen atoms in total. The highest BCUT2D eigenvalue weighted by molar-refractivity contribution is 5.97. The quantitative estimate of drug-likeness (QED) is 0.886. The molecule has 19 heavy (non-hydrogen) atoms. The van der Waals surface area contributed by atoms with Gasteiger partial charge >= 0.3 is 5.97 Å². The van der Waals surface area contributed by atoms with Crippen molar-refractivity contribution in [3.8, 4) is 0 Å². The first-order chi connectivity index (χ1) is 8.97. The highest BCUT2D eigenvalue weighted by atomic mass is 16.4. The van der Waals surface area contributed by atoms with Crippen LogP contribution in [0.1, 0.15) is 33.6 Å². The molecule has 0 radical (unpaired) electrons. The van der Waals surface area contributed by atoms with E-state index in [0.717, 1.165) is 29.3 Å². The van der Waals surface area contributed by atoms with Gasteiger partial charge in [0.15, 0.2) is 0 Å². The molecule has 0 saturated heterocycles. The highest BCUT2D eigenvalue weighted by Gasteiger charge is 2.16. The number of carboxylic acid groups (broad SMARTS) is 1. The summed E-state index contributed by atoms with van der Waals surface area (Å²) in [6.07, 6.45) is 1.80. The molecule has 0 atom stereocenters. The molecular formula is C15H20N2O2. The fraction of sp³-hybridized carbons (Fsp3) is 0.400. The molecule has 1 aromatic carbocycles. The Kier molecular flexibility index (Phi) is 3.62. The van der Waals surface area contributed by atoms with E-state index in [9.17, 15) is 9.90 Å². The zero-order valence-electron chi connectivity index (χ0n) is 11.7. The first kappa shape index (κ1) is 13.6. The van der Waals surface area contributed by atoms with Crippen LogP contribution in [0.5, 0.6) is 0 Å². The number of nitrogens with zero attached hydrogens (tertiary/aromatic N) is 1. The van der Waals surface area contributed by atoms with E-state index < -0.39 is 5.97 Å². The highest BCUT2D eigenvalue weighted by Crippen LogP contribution is 2.29.